The lowest BCUT2D eigenvalue weighted by Gasteiger charge is -2.60. The molecular weight excluding hydrogens is 316 g/mol. The predicted molar refractivity (Wildman–Crippen MR) is 84.7 cm³/mol. The number of allylic oxidation sites excluding steroid dienone is 2. The fourth-order valence-electron chi connectivity index (χ4n) is 11.4. The number of carbonyl (C=O) groups is 2. The molecule has 9 aliphatic rings. The number of ether oxygens (including phenoxy) is 2. The lowest BCUT2D eigenvalue weighted by molar-refractivity contribution is -0.231. The van der Waals surface area contributed by atoms with Crippen molar-refractivity contribution in [1.82, 2.24) is 0 Å². The molecule has 7 saturated carbocycles. The average molecular weight is 338 g/mol. The number of methoxy groups -OCH3 is 1. The van der Waals surface area contributed by atoms with E-state index in [1.807, 2.05) is 0 Å². The summed E-state index contributed by atoms with van der Waals surface area (Å²) in [5.74, 6) is 4.84. The fraction of sp³-hybridized carbons (Fsp3) is 0.810. The van der Waals surface area contributed by atoms with Crippen molar-refractivity contribution < 1.29 is 19.1 Å². The molecule has 1 spiro atoms. The van der Waals surface area contributed by atoms with Crippen LogP contribution in [0.2, 0.25) is 0 Å². The van der Waals surface area contributed by atoms with Crippen LogP contribution in [0.25, 0.3) is 0 Å². The summed E-state index contributed by atoms with van der Waals surface area (Å²) >= 11 is 0. The van der Waals surface area contributed by atoms with Crippen LogP contribution in [0.1, 0.15) is 19.3 Å². The van der Waals surface area contributed by atoms with Crippen molar-refractivity contribution >= 4 is 11.9 Å². The molecule has 0 aromatic carbocycles. The molecule has 8 aliphatic carbocycles. The minimum atomic E-state index is -0.560. The van der Waals surface area contributed by atoms with Crippen molar-refractivity contribution in [2.75, 3.05) is 7.11 Å². The Balaban J connectivity index is 1.49. The second-order valence-corrected chi connectivity index (χ2v) is 10.2. The highest BCUT2D eigenvalue weighted by Crippen LogP contribution is 2.98. The van der Waals surface area contributed by atoms with Crippen molar-refractivity contribution in [2.24, 2.45) is 70.0 Å². The summed E-state index contributed by atoms with van der Waals surface area (Å²) in [6, 6.07) is 0. The van der Waals surface area contributed by atoms with E-state index < -0.39 is 10.8 Å². The van der Waals surface area contributed by atoms with Crippen molar-refractivity contribution in [3.63, 3.8) is 0 Å². The van der Waals surface area contributed by atoms with Gasteiger partial charge in [-0.3, -0.25) is 9.59 Å². The van der Waals surface area contributed by atoms with Crippen LogP contribution in [-0.2, 0) is 19.1 Å². The molecule has 0 radical (unpaired) electrons. The zero-order valence-electron chi connectivity index (χ0n) is 14.3. The highest BCUT2D eigenvalue weighted by atomic mass is 16.6. The maximum Gasteiger partial charge on any atom is 0.314 e. The van der Waals surface area contributed by atoms with E-state index >= 15 is 0 Å². The molecule has 8 fully saturated rings. The van der Waals surface area contributed by atoms with Gasteiger partial charge in [-0.15, -0.1) is 0 Å². The molecule has 0 N–H and O–H groups in total. The van der Waals surface area contributed by atoms with Crippen molar-refractivity contribution in [3.8, 4) is 0 Å². The van der Waals surface area contributed by atoms with Gasteiger partial charge in [0.1, 0.15) is 6.10 Å². The molecule has 13 atom stereocenters. The first-order valence-electron chi connectivity index (χ1n) is 10.2. The van der Waals surface area contributed by atoms with E-state index in [4.69, 9.17) is 9.47 Å². The summed E-state index contributed by atoms with van der Waals surface area (Å²) < 4.78 is 11.6. The molecule has 4 heteroatoms. The molecule has 130 valence electrons. The topological polar surface area (TPSA) is 52.6 Å². The summed E-state index contributed by atoms with van der Waals surface area (Å²) in [5, 5.41) is 0. The lowest BCUT2D eigenvalue weighted by Crippen LogP contribution is -2.68. The molecule has 25 heavy (non-hydrogen) atoms. The third-order valence-corrected chi connectivity index (χ3v) is 10.7. The number of esters is 2. The number of hydrogen-bond acceptors (Lipinski definition) is 4. The predicted octanol–water partition coefficient (Wildman–Crippen LogP) is 2.04. The summed E-state index contributed by atoms with van der Waals surface area (Å²) in [7, 11) is 1.53. The Labute approximate surface area is 146 Å². The van der Waals surface area contributed by atoms with Gasteiger partial charge in [0.2, 0.25) is 0 Å². The Morgan fingerprint density at radius 3 is 2.80 bits per heavy atom. The molecular formula is C21H22O4. The van der Waals surface area contributed by atoms with E-state index in [1.54, 1.807) is 0 Å². The Hall–Kier alpha value is -1.32. The lowest BCUT2D eigenvalue weighted by atomic mass is 9.43. The van der Waals surface area contributed by atoms with Crippen molar-refractivity contribution in [3.05, 3.63) is 12.2 Å². The zero-order chi connectivity index (χ0) is 16.5. The Kier molecular flexibility index (Phi) is 1.72. The number of rotatable bonds is 1. The number of carbonyl (C=O) groups excluding carboxylic acids is 2. The molecule has 0 amide bonds. The van der Waals surface area contributed by atoms with Gasteiger partial charge in [0.25, 0.3) is 0 Å². The van der Waals surface area contributed by atoms with Crippen LogP contribution in [-0.4, -0.2) is 25.2 Å². The minimum Gasteiger partial charge on any atom is -0.469 e. The van der Waals surface area contributed by atoms with E-state index in [1.165, 1.54) is 7.11 Å². The molecule has 8 bridgehead atoms. The van der Waals surface area contributed by atoms with Gasteiger partial charge in [-0.05, 0) is 72.5 Å². The average Bonchev–Trinajstić information content (AvgIpc) is 3.36. The van der Waals surface area contributed by atoms with Gasteiger partial charge in [0.05, 0.1) is 17.9 Å². The van der Waals surface area contributed by atoms with Gasteiger partial charge in [0.15, 0.2) is 0 Å². The third-order valence-electron chi connectivity index (χ3n) is 10.7. The van der Waals surface area contributed by atoms with E-state index in [0.29, 0.717) is 59.2 Å². The summed E-state index contributed by atoms with van der Waals surface area (Å²) in [4.78, 5) is 27.1. The largest absolute Gasteiger partial charge is 0.469 e. The van der Waals surface area contributed by atoms with Crippen LogP contribution in [0.4, 0.5) is 0 Å². The monoisotopic (exact) mass is 338 g/mol. The second kappa shape index (κ2) is 3.32. The first-order valence-corrected chi connectivity index (χ1v) is 10.2. The van der Waals surface area contributed by atoms with Crippen LogP contribution in [0, 0.1) is 70.0 Å². The van der Waals surface area contributed by atoms with Gasteiger partial charge in [0, 0.05) is 5.92 Å². The first kappa shape index (κ1) is 12.9. The van der Waals surface area contributed by atoms with E-state index in [-0.39, 0.29) is 18.0 Å². The quantitative estimate of drug-likeness (QED) is 0.542. The summed E-state index contributed by atoms with van der Waals surface area (Å²) in [5.41, 5.74) is -1.09. The van der Waals surface area contributed by atoms with Crippen LogP contribution in [0.3, 0.4) is 0 Å². The first-order chi connectivity index (χ1) is 12.2. The molecule has 1 heterocycles. The fourth-order valence-corrected chi connectivity index (χ4v) is 11.4. The van der Waals surface area contributed by atoms with Crippen molar-refractivity contribution in [1.29, 1.82) is 0 Å². The minimum absolute atomic E-state index is 0.00245. The Bertz CT molecular complexity index is 813. The van der Waals surface area contributed by atoms with Crippen LogP contribution in [0.15, 0.2) is 12.2 Å². The van der Waals surface area contributed by atoms with Gasteiger partial charge in [-0.2, -0.15) is 0 Å². The molecule has 0 unspecified atom stereocenters. The van der Waals surface area contributed by atoms with Gasteiger partial charge in [-0.25, -0.2) is 0 Å². The van der Waals surface area contributed by atoms with Crippen LogP contribution in [0.5, 0.6) is 0 Å². The maximum absolute atomic E-state index is 13.6. The van der Waals surface area contributed by atoms with Crippen LogP contribution >= 0.6 is 0 Å². The highest BCUT2D eigenvalue weighted by molar-refractivity contribution is 5.95. The van der Waals surface area contributed by atoms with Gasteiger partial charge >= 0.3 is 11.9 Å². The van der Waals surface area contributed by atoms with Crippen molar-refractivity contribution in [2.45, 2.75) is 25.4 Å². The van der Waals surface area contributed by atoms with E-state index in [9.17, 15) is 9.59 Å². The van der Waals surface area contributed by atoms with Gasteiger partial charge in [-0.1, -0.05) is 12.2 Å². The second-order valence-electron chi connectivity index (χ2n) is 10.2. The Morgan fingerprint density at radius 1 is 1.12 bits per heavy atom. The number of fused-ring (bicyclic) bond motifs is 1. The highest BCUT2D eigenvalue weighted by Gasteiger charge is 3.02. The smallest absolute Gasteiger partial charge is 0.314 e. The number of hydrogen-bond donors (Lipinski definition) is 0. The van der Waals surface area contributed by atoms with E-state index in [0.717, 1.165) is 19.3 Å². The SMILES string of the molecule is COC(=O)[C@@]12[C@H]3[C@@H]4C=CC[C@@H]4[C@H]4[C@@H]3[C@H]3[C@H]5[C@@H]6[C@@H](CC[C@H]6OC(=O)[C@]541)[C@@H]32. The summed E-state index contributed by atoms with van der Waals surface area (Å²) in [6.45, 7) is 0. The normalized spacial score (nSPS) is 70.4. The van der Waals surface area contributed by atoms with Crippen LogP contribution < -0.4 is 0 Å². The molecule has 0 aromatic heterocycles. The summed E-state index contributed by atoms with van der Waals surface area (Å²) in [6.07, 6.45) is 8.07. The molecule has 0 aromatic rings. The molecule has 1 aliphatic heterocycles. The van der Waals surface area contributed by atoms with Gasteiger partial charge < -0.3 is 9.47 Å². The molecule has 1 saturated heterocycles. The Morgan fingerprint density at radius 2 is 1.96 bits per heavy atom. The molecule has 9 rings (SSSR count). The standard InChI is InChI=1S/C21H22O4/c1-24-18(22)20-14-7-3-2-4-8(7)15-12(14)13-16(20)9-5-6-10-11(9)17(13)21(15,20)19(23)25-10/h2-3,7-17H,4-6H2,1H3/t7-,8+,9-,10-,11-,12-,13-,14+,15+,16+,17-,20+,21-/m1/s1. The maximum atomic E-state index is 13.6. The third kappa shape index (κ3) is 0.821. The molecule has 4 nitrogen and oxygen atoms in total. The zero-order valence-corrected chi connectivity index (χ0v) is 14.3. The van der Waals surface area contributed by atoms with E-state index in [2.05, 4.69) is 12.2 Å².